The molecule has 6 heteroatoms. The van der Waals surface area contributed by atoms with Gasteiger partial charge in [0.15, 0.2) is 0 Å². The summed E-state index contributed by atoms with van der Waals surface area (Å²) in [4.78, 5) is 8.40. The third kappa shape index (κ3) is 3.42. The van der Waals surface area contributed by atoms with Gasteiger partial charge in [0.25, 0.3) is 0 Å². The Morgan fingerprint density at radius 2 is 2.05 bits per heavy atom. The third-order valence-electron chi connectivity index (χ3n) is 2.47. The van der Waals surface area contributed by atoms with E-state index in [1.807, 2.05) is 24.3 Å². The molecule has 0 unspecified atom stereocenters. The summed E-state index contributed by atoms with van der Waals surface area (Å²) < 4.78 is 0.785. The van der Waals surface area contributed by atoms with Crippen molar-refractivity contribution < 1.29 is 0 Å². The topological polar surface area (TPSA) is 73.6 Å². The first kappa shape index (κ1) is 13.3. The molecule has 0 bridgehead atoms. The van der Waals surface area contributed by atoms with Gasteiger partial charge in [-0.15, -0.1) is 0 Å². The first-order chi connectivity index (χ1) is 9.22. The van der Waals surface area contributed by atoms with Crippen molar-refractivity contribution in [2.75, 3.05) is 17.7 Å². The molecule has 1 heterocycles. The zero-order valence-corrected chi connectivity index (χ0v) is 11.9. The second-order valence-corrected chi connectivity index (χ2v) is 4.65. The molecule has 1 aromatic heterocycles. The van der Waals surface area contributed by atoms with Crippen LogP contribution in [0.5, 0.6) is 0 Å². The Bertz CT molecular complexity index is 603. The van der Waals surface area contributed by atoms with Gasteiger partial charge >= 0.3 is 0 Å². The van der Waals surface area contributed by atoms with Crippen molar-refractivity contribution in [3.63, 3.8) is 0 Å². The van der Waals surface area contributed by atoms with Crippen molar-refractivity contribution >= 4 is 33.4 Å². The second kappa shape index (κ2) is 6.16. The lowest BCUT2D eigenvalue weighted by atomic mass is 10.1. The highest BCUT2D eigenvalue weighted by Crippen LogP contribution is 2.24. The van der Waals surface area contributed by atoms with Crippen LogP contribution in [0.15, 0.2) is 34.9 Å². The molecule has 0 saturated carbocycles. The summed E-state index contributed by atoms with van der Waals surface area (Å²) in [7, 11) is 1.77. The number of anilines is 3. The predicted octanol–water partition coefficient (Wildman–Crippen LogP) is 3.09. The molecule has 1 aromatic carbocycles. The Labute approximate surface area is 119 Å². The number of hydrogen-bond acceptors (Lipinski definition) is 5. The van der Waals surface area contributed by atoms with Crippen LogP contribution in [0.4, 0.5) is 17.5 Å². The van der Waals surface area contributed by atoms with Crippen LogP contribution >= 0.6 is 15.9 Å². The van der Waals surface area contributed by atoms with E-state index in [1.165, 1.54) is 0 Å². The van der Waals surface area contributed by atoms with Gasteiger partial charge in [0.2, 0.25) is 5.95 Å². The normalized spacial score (nSPS) is 9.74. The average molecular weight is 318 g/mol. The van der Waals surface area contributed by atoms with Crippen LogP contribution in [0.25, 0.3) is 0 Å². The fraction of sp³-hybridized carbons (Fsp3) is 0.154. The van der Waals surface area contributed by atoms with Crippen LogP contribution in [-0.4, -0.2) is 17.0 Å². The lowest BCUT2D eigenvalue weighted by Crippen LogP contribution is -2.01. The molecule has 0 saturated heterocycles. The molecule has 0 spiro atoms. The van der Waals surface area contributed by atoms with Crippen molar-refractivity contribution in [2.24, 2.45) is 0 Å². The Hall–Kier alpha value is -2.13. The van der Waals surface area contributed by atoms with Gasteiger partial charge in [-0.1, -0.05) is 12.1 Å². The van der Waals surface area contributed by atoms with Crippen molar-refractivity contribution in [3.05, 3.63) is 40.5 Å². The van der Waals surface area contributed by atoms with Gasteiger partial charge in [0, 0.05) is 18.9 Å². The lowest BCUT2D eigenvalue weighted by Gasteiger charge is -2.09. The molecule has 19 heavy (non-hydrogen) atoms. The van der Waals surface area contributed by atoms with Gasteiger partial charge < -0.3 is 10.6 Å². The van der Waals surface area contributed by atoms with Gasteiger partial charge in [-0.25, -0.2) is 4.98 Å². The van der Waals surface area contributed by atoms with Crippen molar-refractivity contribution in [3.8, 4) is 6.07 Å². The Kier molecular flexibility index (Phi) is 4.31. The zero-order valence-electron chi connectivity index (χ0n) is 10.3. The molecular weight excluding hydrogens is 306 g/mol. The average Bonchev–Trinajstić information content (AvgIpc) is 2.44. The van der Waals surface area contributed by atoms with Gasteiger partial charge in [-0.2, -0.15) is 10.2 Å². The summed E-state index contributed by atoms with van der Waals surface area (Å²) in [5.74, 6) is 1.24. The van der Waals surface area contributed by atoms with Gasteiger partial charge in [-0.05, 0) is 33.6 Å². The molecular formula is C13H12BrN5. The van der Waals surface area contributed by atoms with Gasteiger partial charge in [0.1, 0.15) is 5.82 Å². The number of nitrogens with one attached hydrogen (secondary N) is 2. The molecule has 0 radical (unpaired) electrons. The lowest BCUT2D eigenvalue weighted by molar-refractivity contribution is 1.14. The van der Waals surface area contributed by atoms with Crippen LogP contribution < -0.4 is 10.6 Å². The summed E-state index contributed by atoms with van der Waals surface area (Å²) in [6, 6.07) is 9.79. The number of nitrogens with zero attached hydrogens (tertiary/aromatic N) is 3. The maximum absolute atomic E-state index is 8.62. The number of benzene rings is 1. The molecule has 0 aliphatic rings. The minimum Gasteiger partial charge on any atom is -0.357 e. The molecule has 5 nitrogen and oxygen atoms in total. The molecule has 2 rings (SSSR count). The molecule has 0 fully saturated rings. The largest absolute Gasteiger partial charge is 0.357 e. The quantitative estimate of drug-likeness (QED) is 0.906. The fourth-order valence-electron chi connectivity index (χ4n) is 1.51. The van der Waals surface area contributed by atoms with Crippen LogP contribution in [0.3, 0.4) is 0 Å². The number of rotatable bonds is 4. The fourth-order valence-corrected chi connectivity index (χ4v) is 1.80. The predicted molar refractivity (Wildman–Crippen MR) is 78.3 cm³/mol. The number of halogens is 1. The Morgan fingerprint density at radius 3 is 2.68 bits per heavy atom. The van der Waals surface area contributed by atoms with Crippen LogP contribution in [0.2, 0.25) is 0 Å². The zero-order chi connectivity index (χ0) is 13.7. The second-order valence-electron chi connectivity index (χ2n) is 3.80. The van der Waals surface area contributed by atoms with Crippen LogP contribution in [0.1, 0.15) is 5.56 Å². The number of aromatic nitrogens is 2. The SMILES string of the molecule is CNc1ncc(Br)c(Nc2ccc(CC#N)cc2)n1. The highest BCUT2D eigenvalue weighted by atomic mass is 79.9. The molecule has 0 aliphatic carbocycles. The van der Waals surface area contributed by atoms with E-state index in [-0.39, 0.29) is 0 Å². The van der Waals surface area contributed by atoms with E-state index in [1.54, 1.807) is 13.2 Å². The van der Waals surface area contributed by atoms with Crippen molar-refractivity contribution in [2.45, 2.75) is 6.42 Å². The molecule has 2 aromatic rings. The first-order valence-corrected chi connectivity index (χ1v) is 6.45. The summed E-state index contributed by atoms with van der Waals surface area (Å²) in [6.07, 6.45) is 2.10. The van der Waals surface area contributed by atoms with E-state index in [0.717, 1.165) is 15.7 Å². The molecule has 0 amide bonds. The summed E-state index contributed by atoms with van der Waals surface area (Å²) in [5, 5.41) is 14.7. The van der Waals surface area contributed by atoms with E-state index < -0.39 is 0 Å². The maximum Gasteiger partial charge on any atom is 0.224 e. The number of nitriles is 1. The van der Waals surface area contributed by atoms with Crippen molar-refractivity contribution in [1.82, 2.24) is 9.97 Å². The highest BCUT2D eigenvalue weighted by Gasteiger charge is 2.04. The van der Waals surface area contributed by atoms with E-state index in [9.17, 15) is 0 Å². The van der Waals surface area contributed by atoms with Gasteiger partial charge in [0.05, 0.1) is 17.0 Å². The maximum atomic E-state index is 8.62. The highest BCUT2D eigenvalue weighted by molar-refractivity contribution is 9.10. The van der Waals surface area contributed by atoms with E-state index in [0.29, 0.717) is 18.2 Å². The monoisotopic (exact) mass is 317 g/mol. The van der Waals surface area contributed by atoms with Crippen molar-refractivity contribution in [1.29, 1.82) is 5.26 Å². The summed E-state index contributed by atoms with van der Waals surface area (Å²) >= 11 is 3.40. The first-order valence-electron chi connectivity index (χ1n) is 5.66. The third-order valence-corrected chi connectivity index (χ3v) is 3.05. The van der Waals surface area contributed by atoms with E-state index in [4.69, 9.17) is 5.26 Å². The Balaban J connectivity index is 2.19. The van der Waals surface area contributed by atoms with Gasteiger partial charge in [-0.3, -0.25) is 0 Å². The molecule has 0 atom stereocenters. The molecule has 2 N–H and O–H groups in total. The van der Waals surface area contributed by atoms with E-state index >= 15 is 0 Å². The summed E-state index contributed by atoms with van der Waals surface area (Å²) in [6.45, 7) is 0. The molecule has 96 valence electrons. The number of hydrogen-bond donors (Lipinski definition) is 2. The standard InChI is InChI=1S/C13H12BrN5/c1-16-13-17-8-11(14)12(19-13)18-10-4-2-9(3-5-10)6-7-15/h2-5,8H,6H2,1H3,(H2,16,17,18,19). The Morgan fingerprint density at radius 1 is 1.32 bits per heavy atom. The molecule has 0 aliphatic heterocycles. The smallest absolute Gasteiger partial charge is 0.224 e. The summed E-state index contributed by atoms with van der Waals surface area (Å²) in [5.41, 5.74) is 1.90. The minimum atomic E-state index is 0.418. The van der Waals surface area contributed by atoms with Crippen LogP contribution in [0, 0.1) is 11.3 Å². The van der Waals surface area contributed by atoms with E-state index in [2.05, 4.69) is 42.6 Å². The van der Waals surface area contributed by atoms with Crippen LogP contribution in [-0.2, 0) is 6.42 Å². The minimum absolute atomic E-state index is 0.418.